The normalized spacial score (nSPS) is 9.77. The van der Waals surface area contributed by atoms with Crippen molar-refractivity contribution in [3.05, 3.63) is 9.48 Å². The lowest BCUT2D eigenvalue weighted by Crippen LogP contribution is -2.06. The molecule has 1 rings (SSSR count). The van der Waals surface area contributed by atoms with Gasteiger partial charge in [-0.25, -0.2) is 4.79 Å². The number of hydrogen-bond donors (Lipinski definition) is 0. The van der Waals surface area contributed by atoms with Gasteiger partial charge in [0, 0.05) is 0 Å². The zero-order chi connectivity index (χ0) is 9.84. The lowest BCUT2D eigenvalue weighted by atomic mass is 10.4. The highest BCUT2D eigenvalue weighted by atomic mass is 79.9. The number of halogens is 1. The quantitative estimate of drug-likeness (QED) is 0.786. The highest BCUT2D eigenvalue weighted by Crippen LogP contribution is 2.32. The SMILES string of the molecule is CCOC(=O)c1nsc(Br)c1OC. The van der Waals surface area contributed by atoms with Gasteiger partial charge in [0.05, 0.1) is 13.7 Å². The lowest BCUT2D eigenvalue weighted by molar-refractivity contribution is 0.0517. The minimum Gasteiger partial charge on any atom is -0.492 e. The Kier molecular flexibility index (Phi) is 3.68. The van der Waals surface area contributed by atoms with Crippen molar-refractivity contribution in [3.8, 4) is 5.75 Å². The summed E-state index contributed by atoms with van der Waals surface area (Å²) in [7, 11) is 1.48. The molecule has 13 heavy (non-hydrogen) atoms. The third-order valence-electron chi connectivity index (χ3n) is 1.28. The van der Waals surface area contributed by atoms with Crippen LogP contribution in [-0.4, -0.2) is 24.1 Å². The van der Waals surface area contributed by atoms with E-state index >= 15 is 0 Å². The van der Waals surface area contributed by atoms with E-state index < -0.39 is 5.97 Å². The van der Waals surface area contributed by atoms with Crippen LogP contribution in [0, 0.1) is 0 Å². The van der Waals surface area contributed by atoms with E-state index in [1.165, 1.54) is 7.11 Å². The van der Waals surface area contributed by atoms with Crippen LogP contribution in [0.4, 0.5) is 0 Å². The maximum Gasteiger partial charge on any atom is 0.361 e. The summed E-state index contributed by atoms with van der Waals surface area (Å²) in [5, 5.41) is 0. The summed E-state index contributed by atoms with van der Waals surface area (Å²) in [5.41, 5.74) is 0.223. The van der Waals surface area contributed by atoms with Crippen molar-refractivity contribution < 1.29 is 14.3 Å². The van der Waals surface area contributed by atoms with E-state index in [1.807, 2.05) is 0 Å². The first-order chi connectivity index (χ1) is 6.20. The molecule has 0 unspecified atom stereocenters. The van der Waals surface area contributed by atoms with Crippen LogP contribution in [-0.2, 0) is 4.74 Å². The molecule has 0 atom stereocenters. The lowest BCUT2D eigenvalue weighted by Gasteiger charge is -2.00. The molecular formula is C7H8BrNO3S. The molecule has 0 aromatic carbocycles. The fraction of sp³-hybridized carbons (Fsp3) is 0.429. The van der Waals surface area contributed by atoms with E-state index in [2.05, 4.69) is 20.3 Å². The van der Waals surface area contributed by atoms with Gasteiger partial charge in [-0.05, 0) is 34.4 Å². The average Bonchev–Trinajstić information content (AvgIpc) is 2.47. The van der Waals surface area contributed by atoms with Gasteiger partial charge >= 0.3 is 5.97 Å². The molecule has 0 aliphatic heterocycles. The molecule has 1 aromatic heterocycles. The Labute approximate surface area is 88.1 Å². The molecule has 6 heteroatoms. The number of carbonyl (C=O) groups excluding carboxylic acids is 1. The van der Waals surface area contributed by atoms with E-state index in [1.54, 1.807) is 6.92 Å². The van der Waals surface area contributed by atoms with E-state index in [0.29, 0.717) is 16.1 Å². The Hall–Kier alpha value is -0.620. The fourth-order valence-corrected chi connectivity index (χ4v) is 1.93. The van der Waals surface area contributed by atoms with Gasteiger partial charge in [0.1, 0.15) is 3.79 Å². The number of carbonyl (C=O) groups is 1. The molecule has 1 heterocycles. The van der Waals surface area contributed by atoms with E-state index in [4.69, 9.17) is 9.47 Å². The van der Waals surface area contributed by atoms with Gasteiger partial charge in [0.15, 0.2) is 5.75 Å². The number of ether oxygens (including phenoxy) is 2. The van der Waals surface area contributed by atoms with Crippen molar-refractivity contribution >= 4 is 33.4 Å². The first kappa shape index (κ1) is 10.5. The van der Waals surface area contributed by atoms with Crippen LogP contribution >= 0.6 is 27.5 Å². The molecule has 0 bridgehead atoms. The number of aromatic nitrogens is 1. The Morgan fingerprint density at radius 2 is 2.38 bits per heavy atom. The molecule has 0 aliphatic carbocycles. The van der Waals surface area contributed by atoms with Crippen molar-refractivity contribution in [2.45, 2.75) is 6.92 Å². The Bertz CT molecular complexity index is 313. The summed E-state index contributed by atoms with van der Waals surface area (Å²) in [4.78, 5) is 11.3. The molecule has 0 spiro atoms. The van der Waals surface area contributed by atoms with Crippen LogP contribution in [0.15, 0.2) is 3.79 Å². The van der Waals surface area contributed by atoms with Crippen molar-refractivity contribution in [2.75, 3.05) is 13.7 Å². The molecule has 0 fully saturated rings. The van der Waals surface area contributed by atoms with E-state index in [9.17, 15) is 4.79 Å². The van der Waals surface area contributed by atoms with Crippen molar-refractivity contribution in [1.82, 2.24) is 4.37 Å². The van der Waals surface area contributed by atoms with Crippen LogP contribution in [0.25, 0.3) is 0 Å². The molecule has 0 saturated heterocycles. The van der Waals surface area contributed by atoms with Gasteiger partial charge in [0.2, 0.25) is 5.69 Å². The number of esters is 1. The Morgan fingerprint density at radius 3 is 2.92 bits per heavy atom. The van der Waals surface area contributed by atoms with E-state index in [0.717, 1.165) is 11.5 Å². The second-order valence-electron chi connectivity index (χ2n) is 2.06. The Morgan fingerprint density at radius 1 is 1.69 bits per heavy atom. The summed E-state index contributed by atoms with van der Waals surface area (Å²) in [6.45, 7) is 2.07. The van der Waals surface area contributed by atoms with Gasteiger partial charge in [-0.1, -0.05) is 0 Å². The molecule has 1 aromatic rings. The number of rotatable bonds is 3. The van der Waals surface area contributed by atoms with Crippen LogP contribution in [0.5, 0.6) is 5.75 Å². The smallest absolute Gasteiger partial charge is 0.361 e. The summed E-state index contributed by atoms with van der Waals surface area (Å²) >= 11 is 4.37. The minimum absolute atomic E-state index is 0.223. The summed E-state index contributed by atoms with van der Waals surface area (Å²) in [6.07, 6.45) is 0. The first-order valence-electron chi connectivity index (χ1n) is 3.57. The third-order valence-corrected chi connectivity index (χ3v) is 2.70. The second kappa shape index (κ2) is 4.57. The topological polar surface area (TPSA) is 48.4 Å². The van der Waals surface area contributed by atoms with Crippen LogP contribution in [0.2, 0.25) is 0 Å². The zero-order valence-electron chi connectivity index (χ0n) is 7.17. The predicted molar refractivity (Wildman–Crippen MR) is 52.3 cm³/mol. The van der Waals surface area contributed by atoms with Crippen LogP contribution < -0.4 is 4.74 Å². The second-order valence-corrected chi connectivity index (χ2v) is 4.15. The molecule has 0 amide bonds. The largest absolute Gasteiger partial charge is 0.492 e. The molecular weight excluding hydrogens is 258 g/mol. The minimum atomic E-state index is -0.457. The van der Waals surface area contributed by atoms with Crippen molar-refractivity contribution in [2.24, 2.45) is 0 Å². The van der Waals surface area contributed by atoms with E-state index in [-0.39, 0.29) is 5.69 Å². The van der Waals surface area contributed by atoms with Gasteiger partial charge in [-0.3, -0.25) is 0 Å². The summed E-state index contributed by atoms with van der Waals surface area (Å²) in [6, 6.07) is 0. The fourth-order valence-electron chi connectivity index (χ4n) is 0.768. The molecule has 72 valence electrons. The van der Waals surface area contributed by atoms with Gasteiger partial charge < -0.3 is 9.47 Å². The van der Waals surface area contributed by atoms with Gasteiger partial charge in [-0.15, -0.1) is 0 Å². The predicted octanol–water partition coefficient (Wildman–Crippen LogP) is 2.09. The molecule has 0 aliphatic rings. The monoisotopic (exact) mass is 265 g/mol. The summed E-state index contributed by atoms with van der Waals surface area (Å²) < 4.78 is 14.4. The Balaban J connectivity index is 2.93. The summed E-state index contributed by atoms with van der Waals surface area (Å²) in [5.74, 6) is -0.0234. The van der Waals surface area contributed by atoms with Crippen LogP contribution in [0.3, 0.4) is 0 Å². The van der Waals surface area contributed by atoms with Crippen LogP contribution in [0.1, 0.15) is 17.4 Å². The van der Waals surface area contributed by atoms with Gasteiger partial charge in [-0.2, -0.15) is 4.37 Å². The molecule has 0 radical (unpaired) electrons. The van der Waals surface area contributed by atoms with Crippen molar-refractivity contribution in [1.29, 1.82) is 0 Å². The number of nitrogens with zero attached hydrogens (tertiary/aromatic N) is 1. The highest BCUT2D eigenvalue weighted by molar-refractivity contribution is 9.11. The number of hydrogen-bond acceptors (Lipinski definition) is 5. The van der Waals surface area contributed by atoms with Gasteiger partial charge in [0.25, 0.3) is 0 Å². The average molecular weight is 266 g/mol. The standard InChI is InChI=1S/C7H8BrNO3S/c1-3-12-7(10)4-5(11-2)6(8)13-9-4/h3H2,1-2H3. The zero-order valence-corrected chi connectivity index (χ0v) is 9.57. The van der Waals surface area contributed by atoms with Crippen molar-refractivity contribution in [3.63, 3.8) is 0 Å². The first-order valence-corrected chi connectivity index (χ1v) is 5.13. The maximum atomic E-state index is 11.3. The number of methoxy groups -OCH3 is 1. The molecule has 0 N–H and O–H groups in total. The molecule has 0 saturated carbocycles. The highest BCUT2D eigenvalue weighted by Gasteiger charge is 2.20. The molecule has 4 nitrogen and oxygen atoms in total. The third kappa shape index (κ3) is 2.19. The maximum absolute atomic E-state index is 11.3.